The van der Waals surface area contributed by atoms with Crippen LogP contribution in [0.25, 0.3) is 0 Å². The summed E-state index contributed by atoms with van der Waals surface area (Å²) in [5.74, 6) is 0.783. The summed E-state index contributed by atoms with van der Waals surface area (Å²) in [6.07, 6.45) is 1.63. The lowest BCUT2D eigenvalue weighted by atomic mass is 9.97. The Labute approximate surface area is 89.6 Å². The van der Waals surface area contributed by atoms with Crippen LogP contribution in [0.4, 0.5) is 0 Å². The Morgan fingerprint density at radius 3 is 2.87 bits per heavy atom. The van der Waals surface area contributed by atoms with Crippen LogP contribution in [0, 0.1) is 0 Å². The molecule has 1 aliphatic carbocycles. The third kappa shape index (κ3) is 1.73. The minimum Gasteiger partial charge on any atom is -0.497 e. The van der Waals surface area contributed by atoms with Gasteiger partial charge >= 0.3 is 0 Å². The van der Waals surface area contributed by atoms with E-state index >= 15 is 0 Å². The van der Waals surface area contributed by atoms with E-state index in [0.29, 0.717) is 6.61 Å². The standard InChI is InChI=1S/C12H16O3/c1-14-8-12(13)6-5-9-3-4-10(15-2)7-11(9)12/h3-4,7,13H,5-6,8H2,1-2H3. The number of hydrogen-bond donors (Lipinski definition) is 1. The van der Waals surface area contributed by atoms with Gasteiger partial charge in [0.1, 0.15) is 11.4 Å². The molecule has 0 aliphatic heterocycles. The predicted octanol–water partition coefficient (Wildman–Crippen LogP) is 1.48. The van der Waals surface area contributed by atoms with Crippen molar-refractivity contribution in [2.45, 2.75) is 18.4 Å². The number of aliphatic hydroxyl groups is 1. The van der Waals surface area contributed by atoms with E-state index in [2.05, 4.69) is 0 Å². The van der Waals surface area contributed by atoms with E-state index in [4.69, 9.17) is 9.47 Å². The van der Waals surface area contributed by atoms with Crippen LogP contribution in [0.5, 0.6) is 5.75 Å². The SMILES string of the molecule is COCC1(O)CCc2ccc(OC)cc21. The molecule has 0 saturated carbocycles. The van der Waals surface area contributed by atoms with Gasteiger partial charge in [-0.1, -0.05) is 6.07 Å². The number of methoxy groups -OCH3 is 2. The maximum absolute atomic E-state index is 10.4. The van der Waals surface area contributed by atoms with Crippen molar-refractivity contribution in [1.29, 1.82) is 0 Å². The van der Waals surface area contributed by atoms with Crippen LogP contribution in [0.15, 0.2) is 18.2 Å². The third-order valence-electron chi connectivity index (χ3n) is 3.01. The van der Waals surface area contributed by atoms with Crippen LogP contribution in [-0.4, -0.2) is 25.9 Å². The van der Waals surface area contributed by atoms with Crippen LogP contribution < -0.4 is 4.74 Å². The Balaban J connectivity index is 2.39. The van der Waals surface area contributed by atoms with E-state index in [-0.39, 0.29) is 0 Å². The van der Waals surface area contributed by atoms with E-state index < -0.39 is 5.60 Å². The number of ether oxygens (including phenoxy) is 2. The number of hydrogen-bond acceptors (Lipinski definition) is 3. The molecule has 0 bridgehead atoms. The zero-order valence-corrected chi connectivity index (χ0v) is 9.12. The molecular formula is C12H16O3. The van der Waals surface area contributed by atoms with Gasteiger partial charge in [0.2, 0.25) is 0 Å². The van der Waals surface area contributed by atoms with E-state index in [1.807, 2.05) is 18.2 Å². The minimum atomic E-state index is -0.835. The third-order valence-corrected chi connectivity index (χ3v) is 3.01. The number of rotatable bonds is 3. The molecule has 1 atom stereocenters. The number of fused-ring (bicyclic) bond motifs is 1. The van der Waals surface area contributed by atoms with E-state index in [9.17, 15) is 5.11 Å². The van der Waals surface area contributed by atoms with Gasteiger partial charge in [0.15, 0.2) is 0 Å². The summed E-state index contributed by atoms with van der Waals surface area (Å²) in [5.41, 5.74) is 1.30. The van der Waals surface area contributed by atoms with E-state index in [1.165, 1.54) is 5.56 Å². The van der Waals surface area contributed by atoms with Crippen LogP contribution in [-0.2, 0) is 16.8 Å². The summed E-state index contributed by atoms with van der Waals surface area (Å²) in [4.78, 5) is 0. The zero-order valence-electron chi connectivity index (χ0n) is 9.12. The highest BCUT2D eigenvalue weighted by atomic mass is 16.5. The highest BCUT2D eigenvalue weighted by molar-refractivity contribution is 5.42. The lowest BCUT2D eigenvalue weighted by Crippen LogP contribution is -2.28. The molecule has 1 aliphatic rings. The first-order valence-electron chi connectivity index (χ1n) is 5.08. The zero-order chi connectivity index (χ0) is 10.9. The molecule has 0 radical (unpaired) electrons. The lowest BCUT2D eigenvalue weighted by Gasteiger charge is -2.23. The quantitative estimate of drug-likeness (QED) is 0.817. The second kappa shape index (κ2) is 3.83. The molecule has 0 fully saturated rings. The second-order valence-electron chi connectivity index (χ2n) is 3.99. The van der Waals surface area contributed by atoms with Gasteiger partial charge in [-0.15, -0.1) is 0 Å². The predicted molar refractivity (Wildman–Crippen MR) is 57.1 cm³/mol. The first-order valence-corrected chi connectivity index (χ1v) is 5.08. The second-order valence-corrected chi connectivity index (χ2v) is 3.99. The van der Waals surface area contributed by atoms with Crippen molar-refractivity contribution in [3.63, 3.8) is 0 Å². The fourth-order valence-corrected chi connectivity index (χ4v) is 2.20. The van der Waals surface area contributed by atoms with Crippen LogP contribution >= 0.6 is 0 Å². The summed E-state index contributed by atoms with van der Waals surface area (Å²) in [6.45, 7) is 0.340. The first-order chi connectivity index (χ1) is 7.19. The molecule has 1 aromatic carbocycles. The fourth-order valence-electron chi connectivity index (χ4n) is 2.20. The highest BCUT2D eigenvalue weighted by Crippen LogP contribution is 2.38. The molecule has 3 heteroatoms. The summed E-state index contributed by atoms with van der Waals surface area (Å²) in [5, 5.41) is 10.4. The van der Waals surface area contributed by atoms with Crippen molar-refractivity contribution < 1.29 is 14.6 Å². The maximum atomic E-state index is 10.4. The van der Waals surface area contributed by atoms with Crippen molar-refractivity contribution in [2.75, 3.05) is 20.8 Å². The largest absolute Gasteiger partial charge is 0.497 e. The van der Waals surface area contributed by atoms with Crippen molar-refractivity contribution >= 4 is 0 Å². The van der Waals surface area contributed by atoms with Gasteiger partial charge in [-0.25, -0.2) is 0 Å². The van der Waals surface area contributed by atoms with Gasteiger partial charge in [0.25, 0.3) is 0 Å². The Morgan fingerprint density at radius 1 is 1.40 bits per heavy atom. The molecule has 1 aromatic rings. The maximum Gasteiger partial charge on any atom is 0.119 e. The Hall–Kier alpha value is -1.06. The van der Waals surface area contributed by atoms with Crippen LogP contribution in [0.1, 0.15) is 17.5 Å². The first kappa shape index (κ1) is 10.5. The molecular weight excluding hydrogens is 192 g/mol. The van der Waals surface area contributed by atoms with Crippen molar-refractivity contribution in [3.05, 3.63) is 29.3 Å². The average Bonchev–Trinajstić information content (AvgIpc) is 2.57. The van der Waals surface area contributed by atoms with Gasteiger partial charge in [0, 0.05) is 7.11 Å². The molecule has 1 unspecified atom stereocenters. The monoisotopic (exact) mass is 208 g/mol. The number of benzene rings is 1. The normalized spacial score (nSPS) is 23.9. The summed E-state index contributed by atoms with van der Waals surface area (Å²) < 4.78 is 10.2. The molecule has 1 N–H and O–H groups in total. The summed E-state index contributed by atoms with van der Waals surface area (Å²) >= 11 is 0. The van der Waals surface area contributed by atoms with Gasteiger partial charge in [-0.05, 0) is 36.1 Å². The van der Waals surface area contributed by atoms with Crippen molar-refractivity contribution in [3.8, 4) is 5.75 Å². The molecule has 15 heavy (non-hydrogen) atoms. The highest BCUT2D eigenvalue weighted by Gasteiger charge is 2.36. The molecule has 0 amide bonds. The summed E-state index contributed by atoms with van der Waals surface area (Å²) in [7, 11) is 3.24. The number of aryl methyl sites for hydroxylation is 1. The fraction of sp³-hybridized carbons (Fsp3) is 0.500. The lowest BCUT2D eigenvalue weighted by molar-refractivity contribution is -0.0341. The molecule has 3 nitrogen and oxygen atoms in total. The van der Waals surface area contributed by atoms with Crippen LogP contribution in [0.2, 0.25) is 0 Å². The van der Waals surface area contributed by atoms with Gasteiger partial charge in [-0.2, -0.15) is 0 Å². The molecule has 2 rings (SSSR count). The molecule has 0 spiro atoms. The smallest absolute Gasteiger partial charge is 0.119 e. The Bertz CT molecular complexity index is 358. The molecule has 0 saturated heterocycles. The molecule has 82 valence electrons. The minimum absolute atomic E-state index is 0.340. The molecule has 0 heterocycles. The van der Waals surface area contributed by atoms with Gasteiger partial charge < -0.3 is 14.6 Å². The van der Waals surface area contributed by atoms with Gasteiger partial charge in [0.05, 0.1) is 13.7 Å². The van der Waals surface area contributed by atoms with Gasteiger partial charge in [-0.3, -0.25) is 0 Å². The van der Waals surface area contributed by atoms with Crippen molar-refractivity contribution in [2.24, 2.45) is 0 Å². The van der Waals surface area contributed by atoms with Crippen molar-refractivity contribution in [1.82, 2.24) is 0 Å². The topological polar surface area (TPSA) is 38.7 Å². The Morgan fingerprint density at radius 2 is 2.20 bits per heavy atom. The molecule has 0 aromatic heterocycles. The average molecular weight is 208 g/mol. The summed E-state index contributed by atoms with van der Waals surface area (Å²) in [6, 6.07) is 5.85. The van der Waals surface area contributed by atoms with E-state index in [1.54, 1.807) is 14.2 Å². The Kier molecular flexibility index (Phi) is 2.67. The van der Waals surface area contributed by atoms with Crippen LogP contribution in [0.3, 0.4) is 0 Å². The van der Waals surface area contributed by atoms with E-state index in [0.717, 1.165) is 24.2 Å².